The van der Waals surface area contributed by atoms with Gasteiger partial charge in [0.15, 0.2) is 5.11 Å². The van der Waals surface area contributed by atoms with Crippen molar-refractivity contribution >= 4 is 45.9 Å². The summed E-state index contributed by atoms with van der Waals surface area (Å²) in [7, 11) is 2.25. The predicted molar refractivity (Wildman–Crippen MR) is 147 cm³/mol. The van der Waals surface area contributed by atoms with Crippen LogP contribution in [-0.2, 0) is 6.42 Å². The highest BCUT2D eigenvalue weighted by Crippen LogP contribution is 2.46. The fraction of sp³-hybridized carbons (Fsp3) is 0.407. The van der Waals surface area contributed by atoms with E-state index in [1.807, 2.05) is 12.1 Å². The monoisotopic (exact) mass is 507 g/mol. The number of hydrogen-bond donors (Lipinski definition) is 3. The molecule has 2 aromatic carbocycles. The smallest absolute Gasteiger partial charge is 0.248 e. The second-order valence-electron chi connectivity index (χ2n) is 9.57. The van der Waals surface area contributed by atoms with Crippen LogP contribution in [0.3, 0.4) is 0 Å². The number of nitrogens with zero attached hydrogens (tertiary/aromatic N) is 2. The molecule has 1 aliphatic carbocycles. The number of hydrogen-bond acceptors (Lipinski definition) is 4. The average Bonchev–Trinajstić information content (AvgIpc) is 3.19. The van der Waals surface area contributed by atoms with Crippen LogP contribution < -0.4 is 11.1 Å². The van der Waals surface area contributed by atoms with Gasteiger partial charge < -0.3 is 25.8 Å². The quantitative estimate of drug-likeness (QED) is 0.431. The van der Waals surface area contributed by atoms with E-state index >= 15 is 0 Å². The zero-order chi connectivity index (χ0) is 24.7. The minimum atomic E-state index is -0.399. The van der Waals surface area contributed by atoms with Gasteiger partial charge in [0, 0.05) is 59.0 Å². The van der Waals surface area contributed by atoms with Gasteiger partial charge in [-0.25, -0.2) is 0 Å². The Hall–Kier alpha value is -2.55. The third kappa shape index (κ3) is 4.55. The number of amides is 1. The second-order valence-corrected chi connectivity index (χ2v) is 11.0. The van der Waals surface area contributed by atoms with Crippen molar-refractivity contribution in [3.8, 4) is 0 Å². The molecule has 1 fully saturated rings. The van der Waals surface area contributed by atoms with Gasteiger partial charge in [-0.3, -0.25) is 4.79 Å². The number of likely N-dealkylation sites (N-methyl/N-ethyl adjacent to an activating group) is 1. The van der Waals surface area contributed by atoms with E-state index in [0.717, 1.165) is 42.5 Å². The topological polar surface area (TPSA) is 77.4 Å². The summed E-state index contributed by atoms with van der Waals surface area (Å²) in [5.41, 5.74) is 9.98. The van der Waals surface area contributed by atoms with Crippen LogP contribution in [0, 0.1) is 0 Å². The molecule has 1 amide bonds. The zero-order valence-electron chi connectivity index (χ0n) is 20.5. The van der Waals surface area contributed by atoms with Gasteiger partial charge in [0.05, 0.1) is 5.03 Å². The summed E-state index contributed by atoms with van der Waals surface area (Å²) in [6.07, 6.45) is 2.10. The number of carbonyl (C=O) groups is 1. The van der Waals surface area contributed by atoms with Gasteiger partial charge in [0.2, 0.25) is 5.91 Å². The van der Waals surface area contributed by atoms with Crippen molar-refractivity contribution < 1.29 is 4.79 Å². The summed E-state index contributed by atoms with van der Waals surface area (Å²) in [5, 5.41) is 7.10. The maximum atomic E-state index is 11.4. The number of aromatic amines is 1. The lowest BCUT2D eigenvalue weighted by molar-refractivity contribution is 0.1000. The van der Waals surface area contributed by atoms with E-state index in [2.05, 4.69) is 59.2 Å². The van der Waals surface area contributed by atoms with Crippen molar-refractivity contribution in [2.24, 2.45) is 5.73 Å². The number of benzene rings is 2. The number of aromatic nitrogens is 1. The molecule has 6 nitrogen and oxygen atoms in total. The van der Waals surface area contributed by atoms with Crippen molar-refractivity contribution in [2.75, 3.05) is 26.7 Å². The first-order chi connectivity index (χ1) is 16.9. The number of H-pyrrole nitrogens is 1. The summed E-state index contributed by atoms with van der Waals surface area (Å²) in [5.74, 6) is 0.0642. The van der Waals surface area contributed by atoms with Gasteiger partial charge in [0.25, 0.3) is 0 Å². The largest absolute Gasteiger partial charge is 0.366 e. The number of likely N-dealkylation sites (tertiary alicyclic amines) is 1. The van der Waals surface area contributed by atoms with E-state index in [9.17, 15) is 4.79 Å². The number of thiocarbonyl (C=S) groups is 1. The van der Waals surface area contributed by atoms with E-state index in [0.29, 0.717) is 23.6 Å². The highest BCUT2D eigenvalue weighted by atomic mass is 32.2. The molecule has 35 heavy (non-hydrogen) atoms. The lowest BCUT2D eigenvalue weighted by atomic mass is 9.74. The first-order valence-electron chi connectivity index (χ1n) is 12.4. The van der Waals surface area contributed by atoms with Gasteiger partial charge in [0.1, 0.15) is 0 Å². The molecule has 0 saturated carbocycles. The van der Waals surface area contributed by atoms with E-state index in [1.54, 1.807) is 23.9 Å². The SMILES string of the molecule is CCN(CC)C(=S)N[C@H]1C[C@@H]2c3cccc4[nH]c(Sc5ccc(C(N)=O)cc5)c(c34)C[C@H]2N(C)C1. The molecule has 2 aliphatic rings. The minimum absolute atomic E-state index is 0.336. The van der Waals surface area contributed by atoms with Crippen molar-refractivity contribution in [1.82, 2.24) is 20.1 Å². The first-order valence-corrected chi connectivity index (χ1v) is 13.6. The third-order valence-electron chi connectivity index (χ3n) is 7.55. The maximum Gasteiger partial charge on any atom is 0.248 e. The molecule has 1 aromatic heterocycles. The summed E-state index contributed by atoms with van der Waals surface area (Å²) in [4.78, 5) is 20.9. The van der Waals surface area contributed by atoms with Gasteiger partial charge in [-0.05, 0) is 87.4 Å². The molecule has 4 N–H and O–H groups in total. The predicted octanol–water partition coefficient (Wildman–Crippen LogP) is 4.35. The third-order valence-corrected chi connectivity index (χ3v) is 8.98. The van der Waals surface area contributed by atoms with Crippen LogP contribution in [0.1, 0.15) is 47.7 Å². The maximum absolute atomic E-state index is 11.4. The first kappa shape index (κ1) is 24.2. The van der Waals surface area contributed by atoms with Gasteiger partial charge >= 0.3 is 0 Å². The number of piperidine rings is 1. The molecule has 184 valence electrons. The molecule has 3 aromatic rings. The number of nitrogens with two attached hydrogens (primary N) is 1. The highest BCUT2D eigenvalue weighted by Gasteiger charge is 2.40. The molecule has 0 radical (unpaired) electrons. The molecule has 1 aliphatic heterocycles. The van der Waals surface area contributed by atoms with E-state index in [4.69, 9.17) is 18.0 Å². The Kier molecular flexibility index (Phi) is 6.79. The fourth-order valence-electron chi connectivity index (χ4n) is 5.77. The minimum Gasteiger partial charge on any atom is -0.366 e. The molecule has 8 heteroatoms. The van der Waals surface area contributed by atoms with Crippen LogP contribution in [0.25, 0.3) is 10.9 Å². The Labute approximate surface area is 216 Å². The summed E-state index contributed by atoms with van der Waals surface area (Å²) in [6, 6.07) is 15.0. The Morgan fingerprint density at radius 3 is 2.66 bits per heavy atom. The lowest BCUT2D eigenvalue weighted by Gasteiger charge is -2.46. The van der Waals surface area contributed by atoms with Crippen molar-refractivity contribution in [3.05, 3.63) is 59.2 Å². The Balaban J connectivity index is 1.44. The standard InChI is InChI=1S/C27H33N5OS2/c1-4-32(5-2)27(34)29-17-13-20-19-7-6-8-22-24(19)21(14-23(20)31(3)15-17)26(30-22)35-18-11-9-16(10-12-18)25(28)33/h6-12,17,20,23,30H,4-5,13-15H2,1-3H3,(H2,28,33)(H,29,34)/t17-,20+,23+/m0/s1. The molecular weight excluding hydrogens is 474 g/mol. The van der Waals surface area contributed by atoms with E-state index in [1.165, 1.54) is 27.1 Å². The molecule has 0 bridgehead atoms. The zero-order valence-corrected chi connectivity index (χ0v) is 22.1. The summed E-state index contributed by atoms with van der Waals surface area (Å²) in [6.45, 7) is 7.13. The van der Waals surface area contributed by atoms with Crippen LogP contribution >= 0.6 is 24.0 Å². The van der Waals surface area contributed by atoms with Crippen molar-refractivity contribution in [3.63, 3.8) is 0 Å². The molecule has 2 heterocycles. The van der Waals surface area contributed by atoms with Gasteiger partial charge in [-0.2, -0.15) is 0 Å². The van der Waals surface area contributed by atoms with Crippen LogP contribution in [-0.4, -0.2) is 64.6 Å². The Morgan fingerprint density at radius 1 is 1.23 bits per heavy atom. The van der Waals surface area contributed by atoms with Crippen molar-refractivity contribution in [1.29, 1.82) is 0 Å². The lowest BCUT2D eigenvalue weighted by Crippen LogP contribution is -2.56. The van der Waals surface area contributed by atoms with E-state index in [-0.39, 0.29) is 0 Å². The molecular formula is C27H33N5OS2. The summed E-state index contributed by atoms with van der Waals surface area (Å²) < 4.78 is 0. The second kappa shape index (κ2) is 9.84. The number of nitrogens with one attached hydrogen (secondary N) is 2. The van der Waals surface area contributed by atoms with Crippen LogP contribution in [0.5, 0.6) is 0 Å². The normalized spacial score (nSPS) is 21.5. The van der Waals surface area contributed by atoms with Crippen LogP contribution in [0.15, 0.2) is 52.4 Å². The molecule has 0 unspecified atom stereocenters. The number of carbonyl (C=O) groups excluding carboxylic acids is 1. The Morgan fingerprint density at radius 2 is 1.97 bits per heavy atom. The van der Waals surface area contributed by atoms with Gasteiger partial charge in [-0.1, -0.05) is 23.9 Å². The highest BCUT2D eigenvalue weighted by molar-refractivity contribution is 7.99. The molecule has 0 spiro atoms. The molecule has 5 rings (SSSR count). The number of rotatable bonds is 6. The number of primary amides is 1. The molecule has 1 saturated heterocycles. The number of fused-ring (bicyclic) bond motifs is 2. The van der Waals surface area contributed by atoms with Crippen LogP contribution in [0.4, 0.5) is 0 Å². The fourth-order valence-corrected chi connectivity index (χ4v) is 7.17. The van der Waals surface area contributed by atoms with Gasteiger partial charge in [-0.15, -0.1) is 0 Å². The summed E-state index contributed by atoms with van der Waals surface area (Å²) >= 11 is 7.44. The Bertz CT molecular complexity index is 1250. The average molecular weight is 508 g/mol. The van der Waals surface area contributed by atoms with E-state index < -0.39 is 5.91 Å². The van der Waals surface area contributed by atoms with Crippen LogP contribution in [0.2, 0.25) is 0 Å². The van der Waals surface area contributed by atoms with Crippen molar-refractivity contribution in [2.45, 2.75) is 54.6 Å². The molecule has 3 atom stereocenters.